The number of nitrogens with zero attached hydrogens (tertiary/aromatic N) is 7. The first-order valence-corrected chi connectivity index (χ1v) is 35.5. The van der Waals surface area contributed by atoms with Gasteiger partial charge in [-0.05, 0) is 223 Å². The van der Waals surface area contributed by atoms with Crippen LogP contribution >= 0.6 is 0 Å². The first-order chi connectivity index (χ1) is 37.1. The van der Waals surface area contributed by atoms with Gasteiger partial charge in [-0.3, -0.25) is 14.7 Å². The summed E-state index contributed by atoms with van der Waals surface area (Å²) >= 11 is 0. The number of sulfone groups is 1. The van der Waals surface area contributed by atoms with Crippen molar-refractivity contribution in [1.82, 2.24) is 34.3 Å². The van der Waals surface area contributed by atoms with Gasteiger partial charge in [0.1, 0.15) is 0 Å². The van der Waals surface area contributed by atoms with Gasteiger partial charge in [0.2, 0.25) is 0 Å². The van der Waals surface area contributed by atoms with Crippen LogP contribution in [0.5, 0.6) is 0 Å². The SMILES string of the molecule is CC(C)N1CCC(C)(C)C1.CC(C)N1CCC2(CCCC2)C1.CC(C)N1CCOC(C)(C)C1.CC(C)N1CCOCC1.CC(C)N1CCS(=O)(=O)CC1.CC(C)N1CC[C@@H]2CCCC[C@@H]2C1.CC(C)N1CC[C@H]2CCCC[C@H]2C1. The van der Waals surface area contributed by atoms with Gasteiger partial charge in [-0.1, -0.05) is 65.2 Å². The van der Waals surface area contributed by atoms with Crippen molar-refractivity contribution in [3.8, 4) is 0 Å². The number of hydrogen-bond donors (Lipinski definition) is 0. The number of ether oxygens (including phenoxy) is 2. The fourth-order valence-electron chi connectivity index (χ4n) is 14.6. The van der Waals surface area contributed by atoms with Crippen molar-refractivity contribution in [3.63, 3.8) is 0 Å². The molecule has 7 aliphatic heterocycles. The van der Waals surface area contributed by atoms with E-state index in [0.717, 1.165) is 99.3 Å². The van der Waals surface area contributed by atoms with Crippen molar-refractivity contribution in [2.24, 2.45) is 34.5 Å². The minimum absolute atomic E-state index is 0.0581. The van der Waals surface area contributed by atoms with Gasteiger partial charge in [0.05, 0.1) is 36.9 Å². The molecule has 79 heavy (non-hydrogen) atoms. The molecule has 4 atom stereocenters. The second kappa shape index (κ2) is 34.7. The second-order valence-corrected chi connectivity index (χ2v) is 32.4. The Bertz CT molecular complexity index is 1670. The highest BCUT2D eigenvalue weighted by Crippen LogP contribution is 2.46. The molecular formula is C67H135N7O4S. The summed E-state index contributed by atoms with van der Waals surface area (Å²) in [5.74, 6) is 4.94. The Morgan fingerprint density at radius 2 is 0.747 bits per heavy atom. The molecule has 10 aliphatic rings. The molecule has 10 fully saturated rings. The molecule has 0 aromatic heterocycles. The molecule has 1 spiro atoms. The number of likely N-dealkylation sites (tertiary alicyclic amines) is 4. The van der Waals surface area contributed by atoms with Crippen molar-refractivity contribution in [2.75, 3.05) is 123 Å². The Morgan fingerprint density at radius 3 is 1.10 bits per heavy atom. The lowest BCUT2D eigenvalue weighted by molar-refractivity contribution is -0.0936. The molecule has 3 aliphatic carbocycles. The van der Waals surface area contributed by atoms with E-state index in [-0.39, 0.29) is 5.60 Å². The van der Waals surface area contributed by atoms with Gasteiger partial charge in [0.15, 0.2) is 9.84 Å². The van der Waals surface area contributed by atoms with E-state index in [4.69, 9.17) is 9.47 Å². The fraction of sp³-hybridized carbons (Fsp3) is 1.00. The summed E-state index contributed by atoms with van der Waals surface area (Å²) in [4.78, 5) is 17.7. The van der Waals surface area contributed by atoms with E-state index in [0.29, 0.717) is 48.1 Å². The third-order valence-corrected chi connectivity index (χ3v) is 22.1. The third-order valence-electron chi connectivity index (χ3n) is 20.5. The van der Waals surface area contributed by atoms with E-state index >= 15 is 0 Å². The molecule has 0 amide bonds. The van der Waals surface area contributed by atoms with Crippen molar-refractivity contribution in [3.05, 3.63) is 0 Å². The molecule has 11 nitrogen and oxygen atoms in total. The molecule has 10 rings (SSSR count). The predicted octanol–water partition coefficient (Wildman–Crippen LogP) is 13.0. The highest BCUT2D eigenvalue weighted by atomic mass is 32.2. The molecule has 468 valence electrons. The molecule has 0 aromatic rings. The van der Waals surface area contributed by atoms with Crippen LogP contribution < -0.4 is 0 Å². The third kappa shape index (κ3) is 26.0. The number of fused-ring (bicyclic) bond motifs is 2. The predicted molar refractivity (Wildman–Crippen MR) is 341 cm³/mol. The lowest BCUT2D eigenvalue weighted by Crippen LogP contribution is -2.50. The first kappa shape index (κ1) is 71.1. The summed E-state index contributed by atoms with van der Waals surface area (Å²) in [6.07, 6.45) is 23.9. The summed E-state index contributed by atoms with van der Waals surface area (Å²) < 4.78 is 32.8. The largest absolute Gasteiger partial charge is 0.379 e. The Morgan fingerprint density at radius 1 is 0.367 bits per heavy atom. The number of piperidine rings is 2. The Balaban J connectivity index is 0.000000199. The van der Waals surface area contributed by atoms with E-state index in [1.165, 1.54) is 155 Å². The van der Waals surface area contributed by atoms with Crippen LogP contribution in [0.2, 0.25) is 0 Å². The van der Waals surface area contributed by atoms with Crippen LogP contribution in [-0.2, 0) is 19.3 Å². The normalized spacial score (nSPS) is 29.5. The van der Waals surface area contributed by atoms with Gasteiger partial charge >= 0.3 is 0 Å². The van der Waals surface area contributed by atoms with Gasteiger partial charge in [-0.15, -0.1) is 0 Å². The van der Waals surface area contributed by atoms with Crippen LogP contribution in [0.4, 0.5) is 0 Å². The Labute approximate surface area is 492 Å². The highest BCUT2D eigenvalue weighted by Gasteiger charge is 2.41. The van der Waals surface area contributed by atoms with E-state index < -0.39 is 9.84 Å². The van der Waals surface area contributed by atoms with Gasteiger partial charge in [-0.25, -0.2) is 8.42 Å². The molecular weight excluding hydrogens is 999 g/mol. The second-order valence-electron chi connectivity index (χ2n) is 30.1. The standard InChI is InChI=1S/2C12H23N.C11H21N.C9H19NO.C9H19N.C7H15NO2S.C7H15NO/c2*1-10(2)13-8-7-11-5-3-4-6-12(11)9-13;1-10(2)12-8-7-11(9-12)5-3-4-6-11;1-8(2)10-5-6-11-9(3,4)7-10;1-8(2)10-6-5-9(3,4)7-10;1-7(2)8-3-5-11(9,10)6-4-8;1-7(2)8-3-5-9-6-4-8/h2*10-12H,3-9H2,1-2H3;10H,3-9H2,1-2H3;8H,5-7H2,1-4H3;8H,5-7H2,1-4H3;7H,3-6H2,1-2H3;7H,3-6H2,1-2H3/t2*11-,12+;;;;;/m10...../s1. The van der Waals surface area contributed by atoms with E-state index in [9.17, 15) is 8.42 Å². The molecule has 7 heterocycles. The van der Waals surface area contributed by atoms with Gasteiger partial charge < -0.3 is 29.1 Å². The molecule has 0 bridgehead atoms. The van der Waals surface area contributed by atoms with Crippen LogP contribution in [0.25, 0.3) is 0 Å². The van der Waals surface area contributed by atoms with Crippen LogP contribution in [0.3, 0.4) is 0 Å². The minimum Gasteiger partial charge on any atom is -0.379 e. The topological polar surface area (TPSA) is 75.3 Å². The highest BCUT2D eigenvalue weighted by molar-refractivity contribution is 7.91. The summed E-state index contributed by atoms with van der Waals surface area (Å²) in [6.45, 7) is 60.0. The lowest BCUT2D eigenvalue weighted by atomic mass is 9.75. The van der Waals surface area contributed by atoms with Crippen molar-refractivity contribution in [1.29, 1.82) is 0 Å². The van der Waals surface area contributed by atoms with Crippen LogP contribution in [0.15, 0.2) is 0 Å². The molecule has 0 aromatic carbocycles. The number of hydrogen-bond acceptors (Lipinski definition) is 11. The van der Waals surface area contributed by atoms with Crippen LogP contribution in [-0.4, -0.2) is 214 Å². The molecule has 0 unspecified atom stereocenters. The maximum atomic E-state index is 11.0. The number of morpholine rings is 2. The number of rotatable bonds is 7. The molecule has 12 heteroatoms. The zero-order valence-corrected chi connectivity index (χ0v) is 56.6. The molecule has 3 saturated carbocycles. The smallest absolute Gasteiger partial charge is 0.152 e. The maximum absolute atomic E-state index is 11.0. The van der Waals surface area contributed by atoms with Gasteiger partial charge in [0.25, 0.3) is 0 Å². The fourth-order valence-corrected chi connectivity index (χ4v) is 15.8. The lowest BCUT2D eigenvalue weighted by Gasteiger charge is -2.42. The average molecular weight is 1130 g/mol. The van der Waals surface area contributed by atoms with E-state index in [1.807, 2.05) is 0 Å². The minimum atomic E-state index is -2.69. The quantitative estimate of drug-likeness (QED) is 0.245. The van der Waals surface area contributed by atoms with Crippen molar-refractivity contribution >= 4 is 9.84 Å². The zero-order chi connectivity index (χ0) is 58.6. The van der Waals surface area contributed by atoms with E-state index in [1.54, 1.807) is 0 Å². The monoisotopic (exact) mass is 1130 g/mol. The Hall–Kier alpha value is -0.410. The zero-order valence-electron chi connectivity index (χ0n) is 55.8. The maximum Gasteiger partial charge on any atom is 0.152 e. The van der Waals surface area contributed by atoms with Gasteiger partial charge in [-0.2, -0.15) is 0 Å². The Kier molecular flexibility index (Phi) is 31.2. The molecule has 0 radical (unpaired) electrons. The summed E-state index contributed by atoms with van der Waals surface area (Å²) in [5.41, 5.74) is 1.40. The van der Waals surface area contributed by atoms with Crippen LogP contribution in [0.1, 0.15) is 227 Å². The van der Waals surface area contributed by atoms with Crippen molar-refractivity contribution < 1.29 is 17.9 Å². The van der Waals surface area contributed by atoms with E-state index in [2.05, 4.69) is 159 Å². The van der Waals surface area contributed by atoms with Crippen molar-refractivity contribution in [2.45, 2.75) is 275 Å². The first-order valence-electron chi connectivity index (χ1n) is 33.7. The van der Waals surface area contributed by atoms with Gasteiger partial charge in [0, 0.05) is 108 Å². The summed E-state index contributed by atoms with van der Waals surface area (Å²) in [7, 11) is -2.69. The summed E-state index contributed by atoms with van der Waals surface area (Å²) in [6, 6.07) is 4.86. The summed E-state index contributed by atoms with van der Waals surface area (Å²) in [5, 5.41) is 0. The van der Waals surface area contributed by atoms with Crippen LogP contribution in [0, 0.1) is 34.5 Å². The molecule has 0 N–H and O–H groups in total. The molecule has 7 saturated heterocycles. The average Bonchev–Trinajstić information content (AvgIpc) is 4.20.